The van der Waals surface area contributed by atoms with Crippen molar-refractivity contribution in [3.05, 3.63) is 10.4 Å². The van der Waals surface area contributed by atoms with Crippen LogP contribution in [0.25, 0.3) is 10.4 Å². The minimum atomic E-state index is -0.825. The van der Waals surface area contributed by atoms with Crippen LogP contribution in [0.4, 0.5) is 0 Å². The number of hydrogen-bond acceptors (Lipinski definition) is 5. The van der Waals surface area contributed by atoms with E-state index in [9.17, 15) is 9.59 Å². The van der Waals surface area contributed by atoms with Crippen LogP contribution in [0.3, 0.4) is 0 Å². The van der Waals surface area contributed by atoms with E-state index in [0.717, 1.165) is 6.42 Å². The van der Waals surface area contributed by atoms with Crippen LogP contribution in [-0.2, 0) is 19.1 Å². The van der Waals surface area contributed by atoms with Gasteiger partial charge >= 0.3 is 5.97 Å². The number of rotatable bonds is 5. The van der Waals surface area contributed by atoms with Gasteiger partial charge in [0, 0.05) is 11.8 Å². The number of nitrogens with one attached hydrogen (secondary N) is 1. The van der Waals surface area contributed by atoms with Crippen molar-refractivity contribution in [2.24, 2.45) is 17.0 Å². The van der Waals surface area contributed by atoms with E-state index in [1.807, 2.05) is 20.8 Å². The van der Waals surface area contributed by atoms with Crippen LogP contribution in [-0.4, -0.2) is 36.9 Å². The Morgan fingerprint density at radius 1 is 1.38 bits per heavy atom. The quantitative estimate of drug-likeness (QED) is 0.360. The van der Waals surface area contributed by atoms with Crippen molar-refractivity contribution in [3.8, 4) is 0 Å². The van der Waals surface area contributed by atoms with Crippen molar-refractivity contribution in [3.63, 3.8) is 0 Å². The molecule has 5 atom stereocenters. The van der Waals surface area contributed by atoms with Crippen LogP contribution < -0.4 is 5.32 Å². The zero-order chi connectivity index (χ0) is 16.0. The molecule has 0 spiro atoms. The summed E-state index contributed by atoms with van der Waals surface area (Å²) in [5.41, 5.74) is 8.24. The van der Waals surface area contributed by atoms with E-state index in [0.29, 0.717) is 0 Å². The van der Waals surface area contributed by atoms with Gasteiger partial charge in [0.2, 0.25) is 12.2 Å². The molecule has 1 fully saturated rings. The molecule has 0 radical (unpaired) electrons. The molecule has 8 heteroatoms. The molecule has 118 valence electrons. The maximum absolute atomic E-state index is 11.7. The Morgan fingerprint density at radius 3 is 2.57 bits per heavy atom. The summed E-state index contributed by atoms with van der Waals surface area (Å²) < 4.78 is 11.0. The minimum Gasteiger partial charge on any atom is -0.434 e. The second-order valence-electron chi connectivity index (χ2n) is 5.26. The Hall–Kier alpha value is -1.79. The molecule has 1 rings (SSSR count). The maximum Gasteiger partial charge on any atom is 0.305 e. The average Bonchev–Trinajstić information content (AvgIpc) is 2.43. The van der Waals surface area contributed by atoms with Crippen LogP contribution in [0.2, 0.25) is 0 Å². The first-order valence-electron chi connectivity index (χ1n) is 7.03. The van der Waals surface area contributed by atoms with E-state index in [4.69, 9.17) is 15.0 Å². The molecule has 1 N–H and O–H groups in total. The molecule has 1 amide bonds. The first-order chi connectivity index (χ1) is 9.90. The van der Waals surface area contributed by atoms with Crippen molar-refractivity contribution >= 4 is 11.9 Å². The Bertz CT molecular complexity index is 436. The van der Waals surface area contributed by atoms with Gasteiger partial charge in [-0.15, -0.1) is 0 Å². The molecule has 1 aliphatic rings. The normalized spacial score (nSPS) is 31.9. The Kier molecular flexibility index (Phi) is 6.45. The Balaban J connectivity index is 2.85. The van der Waals surface area contributed by atoms with Gasteiger partial charge in [-0.3, -0.25) is 9.59 Å². The summed E-state index contributed by atoms with van der Waals surface area (Å²) >= 11 is 0. The van der Waals surface area contributed by atoms with Crippen molar-refractivity contribution in [2.45, 2.75) is 52.6 Å². The molecule has 0 aromatic carbocycles. The molecule has 1 heterocycles. The van der Waals surface area contributed by atoms with Crippen molar-refractivity contribution in [1.82, 2.24) is 5.32 Å². The first kappa shape index (κ1) is 17.3. The number of esters is 1. The van der Waals surface area contributed by atoms with Gasteiger partial charge in [-0.25, -0.2) is 0 Å². The summed E-state index contributed by atoms with van der Waals surface area (Å²) in [5, 5.41) is 5.95. The highest BCUT2D eigenvalue weighted by atomic mass is 16.7. The lowest BCUT2D eigenvalue weighted by atomic mass is 9.81. The van der Waals surface area contributed by atoms with Gasteiger partial charge in [0.05, 0.1) is 12.1 Å². The topological polar surface area (TPSA) is 113 Å². The van der Waals surface area contributed by atoms with Gasteiger partial charge in [0.1, 0.15) is 6.54 Å². The van der Waals surface area contributed by atoms with Gasteiger partial charge < -0.3 is 14.8 Å². The number of ether oxygens (including phenoxy) is 2. The average molecular weight is 298 g/mol. The number of hydrogen-bond donors (Lipinski definition) is 1. The van der Waals surface area contributed by atoms with Crippen LogP contribution in [0.5, 0.6) is 0 Å². The van der Waals surface area contributed by atoms with Crippen LogP contribution in [0.1, 0.15) is 34.1 Å². The third-order valence-corrected chi connectivity index (χ3v) is 3.87. The molecule has 0 bridgehead atoms. The molecule has 21 heavy (non-hydrogen) atoms. The number of azide groups is 1. The lowest BCUT2D eigenvalue weighted by Crippen LogP contribution is -2.58. The lowest BCUT2D eigenvalue weighted by molar-refractivity contribution is -0.231. The smallest absolute Gasteiger partial charge is 0.305 e. The fraction of sp³-hybridized carbons (Fsp3) is 0.846. The summed E-state index contributed by atoms with van der Waals surface area (Å²) in [5.74, 6) is -0.631. The van der Waals surface area contributed by atoms with Gasteiger partial charge in [-0.2, -0.15) is 0 Å². The van der Waals surface area contributed by atoms with E-state index in [2.05, 4.69) is 15.3 Å². The molecule has 1 aliphatic heterocycles. The second-order valence-corrected chi connectivity index (χ2v) is 5.26. The van der Waals surface area contributed by atoms with E-state index in [-0.39, 0.29) is 24.5 Å². The zero-order valence-electron chi connectivity index (χ0n) is 12.8. The molecule has 8 nitrogen and oxygen atoms in total. The summed E-state index contributed by atoms with van der Waals surface area (Å²) in [6.45, 7) is 7.02. The van der Waals surface area contributed by atoms with Crippen LogP contribution in [0, 0.1) is 11.8 Å². The molecule has 0 aliphatic carbocycles. The molecule has 3 unspecified atom stereocenters. The van der Waals surface area contributed by atoms with E-state index in [1.54, 1.807) is 0 Å². The van der Waals surface area contributed by atoms with Crippen LogP contribution in [0.15, 0.2) is 5.11 Å². The van der Waals surface area contributed by atoms with E-state index >= 15 is 0 Å². The fourth-order valence-electron chi connectivity index (χ4n) is 2.55. The Labute approximate surface area is 123 Å². The predicted molar refractivity (Wildman–Crippen MR) is 75.0 cm³/mol. The SMILES string of the molecule is CCC1OC(OC(C)=O)[C@H](NC(=O)CN=[N+]=[N-])C(C)[C@@H]1C. The third-order valence-electron chi connectivity index (χ3n) is 3.87. The predicted octanol–water partition coefficient (Wildman–Crippen LogP) is 1.75. The largest absolute Gasteiger partial charge is 0.434 e. The van der Waals surface area contributed by atoms with Gasteiger partial charge in [0.25, 0.3) is 0 Å². The molecule has 0 saturated carbocycles. The Morgan fingerprint density at radius 2 is 2.05 bits per heavy atom. The number of carbonyl (C=O) groups is 2. The number of nitrogens with zero attached hydrogens (tertiary/aromatic N) is 3. The van der Waals surface area contributed by atoms with E-state index < -0.39 is 24.2 Å². The summed E-state index contributed by atoms with van der Waals surface area (Å²) in [6.07, 6.45) is -0.0637. The van der Waals surface area contributed by atoms with Crippen molar-refractivity contribution < 1.29 is 19.1 Å². The zero-order valence-corrected chi connectivity index (χ0v) is 12.8. The summed E-state index contributed by atoms with van der Waals surface area (Å²) in [4.78, 5) is 25.5. The van der Waals surface area contributed by atoms with E-state index in [1.165, 1.54) is 6.92 Å². The molecule has 1 saturated heterocycles. The molecular formula is C13H22N4O4. The summed E-state index contributed by atoms with van der Waals surface area (Å²) in [6, 6.07) is -0.465. The second kappa shape index (κ2) is 7.85. The van der Waals surface area contributed by atoms with Crippen molar-refractivity contribution in [1.29, 1.82) is 0 Å². The lowest BCUT2D eigenvalue weighted by Gasteiger charge is -2.44. The summed E-state index contributed by atoms with van der Waals surface area (Å²) in [7, 11) is 0. The van der Waals surface area contributed by atoms with Crippen molar-refractivity contribution in [2.75, 3.05) is 6.54 Å². The van der Waals surface area contributed by atoms with Gasteiger partial charge in [-0.1, -0.05) is 25.9 Å². The maximum atomic E-state index is 11.7. The number of carbonyl (C=O) groups excluding carboxylic acids is 2. The third kappa shape index (κ3) is 4.61. The minimum absolute atomic E-state index is 0.0327. The van der Waals surface area contributed by atoms with Crippen LogP contribution >= 0.6 is 0 Å². The highest BCUT2D eigenvalue weighted by Gasteiger charge is 2.43. The monoisotopic (exact) mass is 298 g/mol. The van der Waals surface area contributed by atoms with Gasteiger partial charge in [-0.05, 0) is 23.8 Å². The standard InChI is InChI=1S/C13H22N4O4/c1-5-10-7(2)8(3)12(13(21-10)20-9(4)18)16-11(19)6-15-17-14/h7-8,10,12-13H,5-6H2,1-4H3,(H,16,19)/t7-,8?,10?,12+,13?/m0/s1. The highest BCUT2D eigenvalue weighted by Crippen LogP contribution is 2.32. The molecular weight excluding hydrogens is 276 g/mol. The van der Waals surface area contributed by atoms with Gasteiger partial charge in [0.15, 0.2) is 0 Å². The first-order valence-corrected chi connectivity index (χ1v) is 7.03. The molecule has 0 aromatic heterocycles. The number of amides is 1. The fourth-order valence-corrected chi connectivity index (χ4v) is 2.55. The molecule has 0 aromatic rings. The highest BCUT2D eigenvalue weighted by molar-refractivity contribution is 5.78.